The molecule has 0 aromatic heterocycles. The molecule has 0 radical (unpaired) electrons. The number of rotatable bonds is 14. The molecule has 2 aromatic rings. The van der Waals surface area contributed by atoms with Gasteiger partial charge < -0.3 is 35.5 Å². The summed E-state index contributed by atoms with van der Waals surface area (Å²) in [6, 6.07) is 12.1. The second-order valence-electron chi connectivity index (χ2n) is 8.75. The molecule has 9 nitrogen and oxygen atoms in total. The van der Waals surface area contributed by atoms with Gasteiger partial charge in [-0.25, -0.2) is 4.39 Å². The number of ether oxygens (including phenoxy) is 2. The summed E-state index contributed by atoms with van der Waals surface area (Å²) in [6.07, 6.45) is 3.03. The second-order valence-corrected chi connectivity index (χ2v) is 8.75. The largest absolute Gasteiger partial charge is 0.494 e. The van der Waals surface area contributed by atoms with Crippen LogP contribution in [-0.4, -0.2) is 62.6 Å². The van der Waals surface area contributed by atoms with Gasteiger partial charge in [-0.1, -0.05) is 10.3 Å². The molecule has 0 amide bonds. The lowest BCUT2D eigenvalue weighted by molar-refractivity contribution is 0.135. The maximum atomic E-state index is 14.4. The third-order valence-electron chi connectivity index (χ3n) is 6.03. The average Bonchev–Trinajstić information content (AvgIpc) is 2.92. The smallest absolute Gasteiger partial charge is 0.173 e. The van der Waals surface area contributed by atoms with Crippen LogP contribution in [-0.2, 0) is 9.68 Å². The highest BCUT2D eigenvalue weighted by Crippen LogP contribution is 2.22. The third kappa shape index (κ3) is 9.13. The number of benzene rings is 2. The Balaban J connectivity index is 1.32. The van der Waals surface area contributed by atoms with Gasteiger partial charge in [0.2, 0.25) is 0 Å². The average molecular weight is 516 g/mol. The highest BCUT2D eigenvalue weighted by Gasteiger charge is 2.20. The van der Waals surface area contributed by atoms with Gasteiger partial charge in [0.25, 0.3) is 0 Å². The molecular weight excluding hydrogens is 477 g/mol. The number of amidine groups is 2. The standard InChI is InChI=1S/C27H38FN5O4/c1-3-36-31-26(29)21-6-8-22(9-7-21)34-17-5-14-33-15-12-20(13-16-33)19-35-23-10-11-24(25(28)18-23)27(30)32-37-4-2/h6-11,18,20H,3-5,12-17,19H2,1-2H3,(H2,29,31)(H2,30,32). The van der Waals surface area contributed by atoms with E-state index in [9.17, 15) is 4.39 Å². The molecule has 10 heteroatoms. The van der Waals surface area contributed by atoms with Crippen molar-refractivity contribution in [3.05, 3.63) is 59.4 Å². The van der Waals surface area contributed by atoms with Crippen molar-refractivity contribution >= 4 is 11.7 Å². The maximum absolute atomic E-state index is 14.4. The maximum Gasteiger partial charge on any atom is 0.173 e. The molecule has 2 aromatic carbocycles. The van der Waals surface area contributed by atoms with E-state index in [1.54, 1.807) is 19.1 Å². The van der Waals surface area contributed by atoms with Crippen LogP contribution in [0.2, 0.25) is 0 Å². The van der Waals surface area contributed by atoms with Crippen LogP contribution in [0, 0.1) is 11.7 Å². The molecule has 0 bridgehead atoms. The van der Waals surface area contributed by atoms with Crippen molar-refractivity contribution in [1.82, 2.24) is 4.90 Å². The monoisotopic (exact) mass is 515 g/mol. The van der Waals surface area contributed by atoms with E-state index in [1.165, 1.54) is 6.07 Å². The molecule has 1 fully saturated rings. The zero-order valence-corrected chi connectivity index (χ0v) is 21.7. The van der Waals surface area contributed by atoms with E-state index < -0.39 is 5.82 Å². The first kappa shape index (κ1) is 28.0. The summed E-state index contributed by atoms with van der Waals surface area (Å²) >= 11 is 0. The first-order valence-corrected chi connectivity index (χ1v) is 12.8. The van der Waals surface area contributed by atoms with Crippen LogP contribution < -0.4 is 20.9 Å². The Bertz CT molecular complexity index is 1020. The van der Waals surface area contributed by atoms with Gasteiger partial charge in [-0.15, -0.1) is 0 Å². The molecule has 0 atom stereocenters. The van der Waals surface area contributed by atoms with Gasteiger partial charge in [0, 0.05) is 18.2 Å². The zero-order valence-electron chi connectivity index (χ0n) is 21.7. The number of nitrogens with zero attached hydrogens (tertiary/aromatic N) is 3. The number of halogens is 1. The Morgan fingerprint density at radius 1 is 0.919 bits per heavy atom. The van der Waals surface area contributed by atoms with E-state index >= 15 is 0 Å². The summed E-state index contributed by atoms with van der Waals surface area (Å²) in [5.74, 6) is 1.61. The van der Waals surface area contributed by atoms with E-state index in [4.69, 9.17) is 30.6 Å². The molecule has 1 heterocycles. The Morgan fingerprint density at radius 3 is 2.22 bits per heavy atom. The Kier molecular flexibility index (Phi) is 11.3. The normalized spacial score (nSPS) is 15.4. The molecule has 1 saturated heterocycles. The van der Waals surface area contributed by atoms with Gasteiger partial charge >= 0.3 is 0 Å². The lowest BCUT2D eigenvalue weighted by atomic mass is 9.97. The summed E-state index contributed by atoms with van der Waals surface area (Å²) in [4.78, 5) is 12.3. The molecule has 0 aliphatic carbocycles. The minimum Gasteiger partial charge on any atom is -0.494 e. The quantitative estimate of drug-likeness (QED) is 0.171. The molecule has 1 aliphatic heterocycles. The Morgan fingerprint density at radius 2 is 1.57 bits per heavy atom. The summed E-state index contributed by atoms with van der Waals surface area (Å²) in [7, 11) is 0. The van der Waals surface area contributed by atoms with Crippen molar-refractivity contribution < 1.29 is 23.5 Å². The number of oxime groups is 2. The van der Waals surface area contributed by atoms with Crippen LogP contribution in [0.25, 0.3) is 0 Å². The van der Waals surface area contributed by atoms with Gasteiger partial charge in [-0.3, -0.25) is 0 Å². The summed E-state index contributed by atoms with van der Waals surface area (Å²) < 4.78 is 26.1. The molecular formula is C27H38FN5O4. The summed E-state index contributed by atoms with van der Waals surface area (Å²) in [5.41, 5.74) is 12.6. The predicted octanol–water partition coefficient (Wildman–Crippen LogP) is 3.70. The molecule has 202 valence electrons. The van der Waals surface area contributed by atoms with E-state index in [0.29, 0.717) is 43.9 Å². The molecule has 3 rings (SSSR count). The first-order chi connectivity index (χ1) is 18.0. The molecule has 4 N–H and O–H groups in total. The highest BCUT2D eigenvalue weighted by atomic mass is 19.1. The zero-order chi connectivity index (χ0) is 26.5. The van der Waals surface area contributed by atoms with Crippen molar-refractivity contribution in [2.24, 2.45) is 27.7 Å². The van der Waals surface area contributed by atoms with Gasteiger partial charge in [0.05, 0.1) is 18.8 Å². The fraction of sp³-hybridized carbons (Fsp3) is 0.481. The second kappa shape index (κ2) is 14.9. The van der Waals surface area contributed by atoms with Crippen molar-refractivity contribution in [2.75, 3.05) is 46.1 Å². The molecule has 0 saturated carbocycles. The van der Waals surface area contributed by atoms with Gasteiger partial charge in [-0.05, 0) is 88.5 Å². The first-order valence-electron chi connectivity index (χ1n) is 12.8. The van der Waals surface area contributed by atoms with E-state index in [-0.39, 0.29) is 11.4 Å². The lowest BCUT2D eigenvalue weighted by Gasteiger charge is -2.31. The Hall–Kier alpha value is -3.53. The number of piperidine rings is 1. The predicted molar refractivity (Wildman–Crippen MR) is 142 cm³/mol. The van der Waals surface area contributed by atoms with Crippen LogP contribution >= 0.6 is 0 Å². The Labute approximate surface area is 218 Å². The van der Waals surface area contributed by atoms with Crippen LogP contribution in [0.3, 0.4) is 0 Å². The minimum atomic E-state index is -0.481. The summed E-state index contributed by atoms with van der Waals surface area (Å²) in [5, 5.41) is 7.51. The van der Waals surface area contributed by atoms with Gasteiger partial charge in [0.15, 0.2) is 11.7 Å². The van der Waals surface area contributed by atoms with Crippen LogP contribution in [0.1, 0.15) is 44.2 Å². The SMILES string of the molecule is CCON=C(N)c1ccc(OCCCN2CCC(COc3ccc(C(N)=NOCC)c(F)c3)CC2)cc1. The number of hydrogen-bond acceptors (Lipinski definition) is 7. The van der Waals surface area contributed by atoms with E-state index in [1.807, 2.05) is 31.2 Å². The van der Waals surface area contributed by atoms with Crippen LogP contribution in [0.5, 0.6) is 11.5 Å². The minimum absolute atomic E-state index is 0.00934. The number of hydrogen-bond donors (Lipinski definition) is 2. The van der Waals surface area contributed by atoms with Gasteiger partial charge in [0.1, 0.15) is 30.5 Å². The molecule has 0 spiro atoms. The molecule has 37 heavy (non-hydrogen) atoms. The van der Waals surface area contributed by atoms with Crippen molar-refractivity contribution in [1.29, 1.82) is 0 Å². The van der Waals surface area contributed by atoms with Crippen LogP contribution in [0.4, 0.5) is 4.39 Å². The topological polar surface area (TPSA) is 117 Å². The summed E-state index contributed by atoms with van der Waals surface area (Å²) in [6.45, 7) is 8.70. The van der Waals surface area contributed by atoms with Crippen molar-refractivity contribution in [3.8, 4) is 11.5 Å². The highest BCUT2D eigenvalue weighted by molar-refractivity contribution is 5.97. The number of likely N-dealkylation sites (tertiary alicyclic amines) is 1. The van der Waals surface area contributed by atoms with Crippen molar-refractivity contribution in [3.63, 3.8) is 0 Å². The van der Waals surface area contributed by atoms with E-state index in [2.05, 4.69) is 15.2 Å². The van der Waals surface area contributed by atoms with E-state index in [0.717, 1.165) is 50.2 Å². The third-order valence-corrected chi connectivity index (χ3v) is 6.03. The molecule has 0 unspecified atom stereocenters. The van der Waals surface area contributed by atoms with Crippen LogP contribution in [0.15, 0.2) is 52.8 Å². The van der Waals surface area contributed by atoms with Gasteiger partial charge in [-0.2, -0.15) is 0 Å². The lowest BCUT2D eigenvalue weighted by Crippen LogP contribution is -2.36. The fourth-order valence-corrected chi connectivity index (χ4v) is 3.95. The fourth-order valence-electron chi connectivity index (χ4n) is 3.95. The number of nitrogens with two attached hydrogens (primary N) is 2. The molecule has 1 aliphatic rings. The van der Waals surface area contributed by atoms with Crippen molar-refractivity contribution in [2.45, 2.75) is 33.1 Å².